The smallest absolute Gasteiger partial charge is 0.303 e. The normalized spacial score (nSPS) is 19.3. The van der Waals surface area contributed by atoms with Gasteiger partial charge in [-0.1, -0.05) is 12.5 Å². The molecule has 0 amide bonds. The minimum atomic E-state index is -4.57. The van der Waals surface area contributed by atoms with Crippen molar-refractivity contribution in [1.82, 2.24) is 0 Å². The number of allylic oxidation sites excluding steroid dienone is 4. The van der Waals surface area contributed by atoms with Gasteiger partial charge in [-0.3, -0.25) is 18.1 Å². The van der Waals surface area contributed by atoms with Gasteiger partial charge >= 0.3 is 5.97 Å². The Morgan fingerprint density at radius 3 is 1.88 bits per heavy atom. The fourth-order valence-electron chi connectivity index (χ4n) is 8.41. The molecule has 376 valence electrons. The van der Waals surface area contributed by atoms with E-state index in [1.165, 1.54) is 24.3 Å². The highest BCUT2D eigenvalue weighted by molar-refractivity contribution is 7.86. The average Bonchev–Trinajstić information content (AvgIpc) is 3.64. The van der Waals surface area contributed by atoms with Crippen LogP contribution in [0.15, 0.2) is 70.1 Å². The lowest BCUT2D eigenvalue weighted by Gasteiger charge is -2.30. The molecular weight excluding hydrogens is 937 g/mol. The Hall–Kier alpha value is -3.65. The molecule has 0 radical (unpaired) electrons. The lowest BCUT2D eigenvalue weighted by molar-refractivity contribution is -0.442. The van der Waals surface area contributed by atoms with E-state index < -0.39 is 52.9 Å². The first-order valence-corrected chi connectivity index (χ1v) is 26.5. The molecule has 0 spiro atoms. The number of ether oxygens (including phenoxy) is 6. The van der Waals surface area contributed by atoms with Crippen LogP contribution in [0.3, 0.4) is 0 Å². The first-order valence-electron chi connectivity index (χ1n) is 22.1. The summed E-state index contributed by atoms with van der Waals surface area (Å²) in [5, 5.41) is 9.22. The van der Waals surface area contributed by atoms with Crippen LogP contribution in [0.5, 0.6) is 0 Å². The topological polar surface area (TPSA) is 251 Å². The SMILES string of the molecule is COCCOCCOCCOCCOCC[N+]1=C(/C=C/C=C2N(CCCCCC(=O)O)c3ccc(S(=O)(=O)O)cc3C2(C)CCOC)C(C)(CCCS(=O)(=O)O)c2cc(S(=O)(=O)OC)ccc21. The van der Waals surface area contributed by atoms with Crippen molar-refractivity contribution in [2.75, 3.05) is 111 Å². The van der Waals surface area contributed by atoms with Crippen molar-refractivity contribution in [2.24, 2.45) is 0 Å². The van der Waals surface area contributed by atoms with E-state index in [-0.39, 0.29) is 48.8 Å². The summed E-state index contributed by atoms with van der Waals surface area (Å²) in [6, 6.07) is 9.08. The van der Waals surface area contributed by atoms with E-state index in [2.05, 4.69) is 4.90 Å². The number of methoxy groups -OCH3 is 2. The maximum Gasteiger partial charge on any atom is 0.303 e. The fourth-order valence-corrected chi connectivity index (χ4v) is 10.1. The molecule has 2 aromatic carbocycles. The summed E-state index contributed by atoms with van der Waals surface area (Å²) in [5.41, 5.74) is 2.18. The number of carboxylic acid groups (broad SMARTS) is 1. The number of carboxylic acids is 1. The number of unbranched alkanes of at least 4 members (excludes halogenated alkanes) is 2. The van der Waals surface area contributed by atoms with Crippen molar-refractivity contribution in [3.63, 3.8) is 0 Å². The van der Waals surface area contributed by atoms with Crippen molar-refractivity contribution < 1.29 is 81.4 Å². The maximum absolute atomic E-state index is 13.0. The molecule has 0 fully saturated rings. The van der Waals surface area contributed by atoms with E-state index in [9.17, 15) is 44.3 Å². The van der Waals surface area contributed by atoms with Crippen molar-refractivity contribution in [1.29, 1.82) is 0 Å². The monoisotopic (exact) mass is 1000 g/mol. The van der Waals surface area contributed by atoms with Gasteiger partial charge in [0.05, 0.1) is 80.9 Å². The van der Waals surface area contributed by atoms with Gasteiger partial charge in [0.15, 0.2) is 12.3 Å². The zero-order valence-electron chi connectivity index (χ0n) is 39.0. The number of benzene rings is 2. The minimum absolute atomic E-state index is 0.0199. The summed E-state index contributed by atoms with van der Waals surface area (Å²) >= 11 is 0. The lowest BCUT2D eigenvalue weighted by Crippen LogP contribution is -2.33. The van der Waals surface area contributed by atoms with Gasteiger partial charge < -0.3 is 38.4 Å². The maximum atomic E-state index is 13.0. The van der Waals surface area contributed by atoms with Crippen LogP contribution >= 0.6 is 0 Å². The van der Waals surface area contributed by atoms with Crippen molar-refractivity contribution in [2.45, 2.75) is 79.4 Å². The zero-order chi connectivity index (χ0) is 49.3. The average molecular weight is 1000 g/mol. The lowest BCUT2D eigenvalue weighted by atomic mass is 9.75. The summed E-state index contributed by atoms with van der Waals surface area (Å²) in [6.07, 6.45) is 7.92. The second-order valence-electron chi connectivity index (χ2n) is 16.5. The number of fused-ring (bicyclic) bond motifs is 2. The molecule has 2 heterocycles. The molecule has 4 rings (SSSR count). The molecule has 0 bridgehead atoms. The minimum Gasteiger partial charge on any atom is -0.481 e. The van der Waals surface area contributed by atoms with Crippen molar-refractivity contribution >= 4 is 53.4 Å². The molecule has 0 aromatic heterocycles. The number of anilines is 1. The molecule has 0 saturated carbocycles. The molecule has 2 atom stereocenters. The number of rotatable bonds is 33. The molecule has 19 nitrogen and oxygen atoms in total. The van der Waals surface area contributed by atoms with Crippen LogP contribution in [-0.4, -0.2) is 162 Å². The first kappa shape index (κ1) is 55.9. The molecule has 2 aliphatic heterocycles. The van der Waals surface area contributed by atoms with Gasteiger partial charge in [0.1, 0.15) is 6.61 Å². The summed E-state index contributed by atoms with van der Waals surface area (Å²) in [7, 11) is -8.83. The van der Waals surface area contributed by atoms with Crippen LogP contribution in [-0.2, 0) is 78.6 Å². The van der Waals surface area contributed by atoms with Gasteiger partial charge in [-0.25, -0.2) is 0 Å². The van der Waals surface area contributed by atoms with Crippen LogP contribution in [0.25, 0.3) is 0 Å². The van der Waals surface area contributed by atoms with E-state index in [1.54, 1.807) is 26.4 Å². The predicted octanol–water partition coefficient (Wildman–Crippen LogP) is 4.91. The predicted molar refractivity (Wildman–Crippen MR) is 249 cm³/mol. The molecule has 2 aromatic rings. The first-order chi connectivity index (χ1) is 31.7. The zero-order valence-corrected chi connectivity index (χ0v) is 41.5. The van der Waals surface area contributed by atoms with Gasteiger partial charge in [0.25, 0.3) is 30.4 Å². The van der Waals surface area contributed by atoms with Gasteiger partial charge in [-0.05, 0) is 87.9 Å². The number of carbonyl (C=O) groups is 1. The second kappa shape index (κ2) is 25.8. The Bertz CT molecular complexity index is 2400. The van der Waals surface area contributed by atoms with Crippen LogP contribution in [0.4, 0.5) is 11.4 Å². The van der Waals surface area contributed by atoms with Crippen molar-refractivity contribution in [3.8, 4) is 0 Å². The Balaban J connectivity index is 1.74. The quantitative estimate of drug-likeness (QED) is 0.0372. The number of hydrogen-bond donors (Lipinski definition) is 3. The number of aliphatic carboxylic acids is 1. The molecule has 2 aliphatic rings. The molecule has 0 aliphatic carbocycles. The molecular formula is C45H67N2O17S3+. The van der Waals surface area contributed by atoms with Crippen LogP contribution in [0.2, 0.25) is 0 Å². The number of hydrogen-bond acceptors (Lipinski definition) is 15. The highest BCUT2D eigenvalue weighted by atomic mass is 32.2. The molecule has 0 saturated heterocycles. The Kier molecular flexibility index (Phi) is 21.6. The van der Waals surface area contributed by atoms with Crippen molar-refractivity contribution in [3.05, 3.63) is 71.5 Å². The molecule has 2 unspecified atom stereocenters. The third kappa shape index (κ3) is 15.7. The summed E-state index contributed by atoms with van der Waals surface area (Å²) < 4.78 is 134. The summed E-state index contributed by atoms with van der Waals surface area (Å²) in [6.45, 7) is 8.25. The Morgan fingerprint density at radius 1 is 0.701 bits per heavy atom. The highest BCUT2D eigenvalue weighted by Crippen LogP contribution is 2.51. The van der Waals surface area contributed by atoms with E-state index in [4.69, 9.17) is 32.6 Å². The van der Waals surface area contributed by atoms with Gasteiger partial charge in [0.2, 0.25) is 5.69 Å². The highest BCUT2D eigenvalue weighted by Gasteiger charge is 2.48. The van der Waals surface area contributed by atoms with E-state index in [0.29, 0.717) is 113 Å². The third-order valence-corrected chi connectivity index (χ3v) is 14.8. The van der Waals surface area contributed by atoms with Gasteiger partial charge in [-0.2, -0.15) is 29.8 Å². The third-order valence-electron chi connectivity index (χ3n) is 11.9. The summed E-state index contributed by atoms with van der Waals surface area (Å²) in [4.78, 5) is 12.9. The van der Waals surface area contributed by atoms with E-state index in [0.717, 1.165) is 12.8 Å². The van der Waals surface area contributed by atoms with Gasteiger partial charge in [-0.15, -0.1) is 0 Å². The van der Waals surface area contributed by atoms with Gasteiger partial charge in [0, 0.05) is 68.3 Å². The molecule has 67 heavy (non-hydrogen) atoms. The number of nitrogens with zero attached hydrogens (tertiary/aromatic N) is 2. The largest absolute Gasteiger partial charge is 0.481 e. The molecule has 22 heteroatoms. The van der Waals surface area contributed by atoms with Crippen LogP contribution in [0, 0.1) is 0 Å². The second-order valence-corrected chi connectivity index (χ2v) is 21.2. The summed E-state index contributed by atoms with van der Waals surface area (Å²) in [5.74, 6) is -1.42. The van der Waals surface area contributed by atoms with Crippen LogP contribution in [0.1, 0.15) is 69.9 Å². The standard InChI is InChI=1S/C45H66N2O17S3/c1-44(18-10-32-65(50,51)52)38-34-36(67(56,57)60-5)15-17-40(38)47(21-23-61-26-27-63-30-31-64-29-28-62-25-24-59-4)41(44)11-9-12-42-45(2,19-22-58-3)37-33-35(66(53,54)55)14-16-39(37)46(42)20-8-6-7-13-43(48)49/h9,11-12,14-17,33-34H,6-8,10,13,18-32H2,1-5H3,(H2-,48,49,50,51,52,53,54,55)/p+1. The fraction of sp³-hybridized carbons (Fsp3) is 0.600. The Morgan fingerprint density at radius 2 is 1.30 bits per heavy atom. The van der Waals surface area contributed by atoms with Crippen LogP contribution < -0.4 is 4.90 Å². The van der Waals surface area contributed by atoms with E-state index in [1.807, 2.05) is 36.7 Å². The molecule has 3 N–H and O–H groups in total. The Labute approximate surface area is 395 Å². The van der Waals surface area contributed by atoms with E-state index >= 15 is 0 Å².